The number of hydrogen-bond acceptors (Lipinski definition) is 0. The molecular weight excluding hydrogens is 242 g/mol. The van der Waals surface area contributed by atoms with E-state index in [4.69, 9.17) is 0 Å². The summed E-state index contributed by atoms with van der Waals surface area (Å²) in [5.41, 5.74) is 1.45. The molecule has 0 saturated carbocycles. The van der Waals surface area contributed by atoms with Crippen molar-refractivity contribution in [3.8, 4) is 0 Å². The van der Waals surface area contributed by atoms with Gasteiger partial charge in [0.05, 0.1) is 20.6 Å². The molecule has 0 radical (unpaired) electrons. The van der Waals surface area contributed by atoms with E-state index in [1.807, 2.05) is 0 Å². The van der Waals surface area contributed by atoms with E-state index in [2.05, 4.69) is 45.3 Å². The lowest BCUT2D eigenvalue weighted by molar-refractivity contribution is 0.381. The van der Waals surface area contributed by atoms with Crippen molar-refractivity contribution in [2.24, 2.45) is 0 Å². The van der Waals surface area contributed by atoms with Gasteiger partial charge in [-0.15, -0.1) is 12.1 Å². The van der Waals surface area contributed by atoms with Gasteiger partial charge in [0.15, 0.2) is 0 Å². The summed E-state index contributed by atoms with van der Waals surface area (Å²) in [5, 5.41) is 0. The molecule has 0 heterocycles. The summed E-state index contributed by atoms with van der Waals surface area (Å²) >= 11 is 0. The lowest BCUT2D eigenvalue weighted by Crippen LogP contribution is -2.40. The normalized spacial score (nSPS) is 11.9. The first-order valence-electron chi connectivity index (χ1n) is 8.72. The van der Waals surface area contributed by atoms with Crippen molar-refractivity contribution in [3.05, 3.63) is 24.3 Å². The zero-order valence-corrected chi connectivity index (χ0v) is 14.0. The quantitative estimate of drug-likeness (QED) is 0.254. The average molecular weight is 277 g/mol. The highest BCUT2D eigenvalue weighted by atomic mass is 15.3. The molecule has 1 rings (SSSR count). The molecule has 1 nitrogen and oxygen atoms in total. The maximum absolute atomic E-state index is 2.32. The Balaban J connectivity index is 1.94. The molecule has 0 bridgehead atoms. The Morgan fingerprint density at radius 1 is 0.700 bits per heavy atom. The molecule has 0 spiro atoms. The van der Waals surface area contributed by atoms with Gasteiger partial charge in [-0.05, 0) is 12.8 Å². The Kier molecular flexibility index (Phi) is 8.77. The molecule has 116 valence electrons. The first-order chi connectivity index (χ1) is 9.67. The molecule has 0 atom stereocenters. The van der Waals surface area contributed by atoms with Crippen molar-refractivity contribution in [2.45, 2.75) is 71.1 Å². The zero-order chi connectivity index (χ0) is 14.7. The number of hydrogen-bond donors (Lipinski definition) is 0. The highest BCUT2D eigenvalue weighted by Crippen LogP contribution is 2.20. The molecule has 0 aliphatic heterocycles. The van der Waals surface area contributed by atoms with E-state index < -0.39 is 0 Å². The summed E-state index contributed by atoms with van der Waals surface area (Å²) in [4.78, 5) is 0. The number of unbranched alkanes of at least 4 members (excludes halogenated alkanes) is 9. The van der Waals surface area contributed by atoms with Crippen LogP contribution in [0, 0.1) is 0 Å². The van der Waals surface area contributed by atoms with Gasteiger partial charge in [0.25, 0.3) is 0 Å². The van der Waals surface area contributed by atoms with E-state index in [0.717, 1.165) is 4.48 Å². The third-order valence-corrected chi connectivity index (χ3v) is 4.41. The Hall–Kier alpha value is -0.690. The van der Waals surface area contributed by atoms with E-state index >= 15 is 0 Å². The van der Waals surface area contributed by atoms with Crippen molar-refractivity contribution in [2.75, 3.05) is 20.6 Å². The fourth-order valence-electron chi connectivity index (χ4n) is 2.89. The van der Waals surface area contributed by atoms with Crippen molar-refractivity contribution in [1.29, 1.82) is 0 Å². The van der Waals surface area contributed by atoms with E-state index in [1.165, 1.54) is 76.4 Å². The summed E-state index contributed by atoms with van der Waals surface area (Å²) < 4.78 is 1.03. The fourth-order valence-corrected chi connectivity index (χ4v) is 2.89. The summed E-state index contributed by atoms with van der Waals surface area (Å²) in [6.07, 6.45) is 14.2. The van der Waals surface area contributed by atoms with Crippen LogP contribution in [0.15, 0.2) is 24.3 Å². The summed E-state index contributed by atoms with van der Waals surface area (Å²) in [7, 11) is 4.64. The molecule has 0 aromatic heterocycles. The largest absolute Gasteiger partial charge is 0.345 e. The van der Waals surface area contributed by atoms with Gasteiger partial charge in [-0.2, -0.15) is 0 Å². The van der Waals surface area contributed by atoms with Crippen molar-refractivity contribution >= 4 is 5.69 Å². The van der Waals surface area contributed by atoms with Crippen molar-refractivity contribution in [3.63, 3.8) is 0 Å². The van der Waals surface area contributed by atoms with Crippen LogP contribution in [0.3, 0.4) is 0 Å². The Bertz CT molecular complexity index is 311. The van der Waals surface area contributed by atoms with Crippen LogP contribution in [0.25, 0.3) is 0 Å². The van der Waals surface area contributed by atoms with E-state index in [9.17, 15) is 0 Å². The molecule has 0 aliphatic rings. The van der Waals surface area contributed by atoms with E-state index in [1.54, 1.807) is 0 Å². The van der Waals surface area contributed by atoms with Crippen LogP contribution in [0.4, 0.5) is 5.69 Å². The fraction of sp³-hybridized carbons (Fsp3) is 0.737. The minimum Gasteiger partial charge on any atom is -0.345 e. The van der Waals surface area contributed by atoms with Gasteiger partial charge in [0.1, 0.15) is 0 Å². The second-order valence-electron chi connectivity index (χ2n) is 6.73. The maximum atomic E-state index is 2.32. The van der Waals surface area contributed by atoms with Gasteiger partial charge >= 0.3 is 0 Å². The predicted molar refractivity (Wildman–Crippen MR) is 92.4 cm³/mol. The van der Waals surface area contributed by atoms with Crippen LogP contribution in [0.2, 0.25) is 0 Å². The molecule has 0 N–H and O–H groups in total. The van der Waals surface area contributed by atoms with Crippen molar-refractivity contribution < 1.29 is 0 Å². The first-order valence-corrected chi connectivity index (χ1v) is 8.72. The molecular formula is C19H35N. The summed E-state index contributed by atoms with van der Waals surface area (Å²) in [6, 6.07) is 8.79. The predicted octanol–water partition coefficient (Wildman–Crippen LogP) is 5.89. The lowest BCUT2D eigenvalue weighted by Gasteiger charge is -2.33. The molecule has 1 aromatic carbocycles. The van der Waals surface area contributed by atoms with E-state index in [-0.39, 0.29) is 0 Å². The third kappa shape index (κ3) is 7.19. The molecule has 0 amide bonds. The standard InChI is InChI=1S/C19H35N/c1-4-5-6-7-8-9-10-11-12-15-18-20(2,3)19-16-13-14-17-19/h13-14,16-17H,4-12,15,18H2,1-3H3. The second kappa shape index (κ2) is 10.1. The van der Waals surface area contributed by atoms with Crippen molar-refractivity contribution in [1.82, 2.24) is 4.48 Å². The molecule has 0 fully saturated rings. The topological polar surface area (TPSA) is 0 Å². The average Bonchev–Trinajstić information content (AvgIpc) is 2.96. The number of nitrogens with zero attached hydrogens (tertiary/aromatic N) is 1. The van der Waals surface area contributed by atoms with Gasteiger partial charge in [0.2, 0.25) is 0 Å². The molecule has 1 aromatic rings. The van der Waals surface area contributed by atoms with Crippen LogP contribution in [-0.4, -0.2) is 20.6 Å². The van der Waals surface area contributed by atoms with Gasteiger partial charge in [0, 0.05) is 5.69 Å². The zero-order valence-electron chi connectivity index (χ0n) is 14.0. The van der Waals surface area contributed by atoms with E-state index in [0.29, 0.717) is 0 Å². The van der Waals surface area contributed by atoms with Gasteiger partial charge in [-0.25, -0.2) is 12.1 Å². The van der Waals surface area contributed by atoms with Crippen LogP contribution >= 0.6 is 0 Å². The Morgan fingerprint density at radius 2 is 1.15 bits per heavy atom. The van der Waals surface area contributed by atoms with Gasteiger partial charge in [-0.3, -0.25) is 0 Å². The molecule has 20 heavy (non-hydrogen) atoms. The lowest BCUT2D eigenvalue weighted by atomic mass is 10.1. The minimum absolute atomic E-state index is 1.03. The summed E-state index contributed by atoms with van der Waals surface area (Å²) in [5.74, 6) is 0. The Labute approximate surface area is 126 Å². The second-order valence-corrected chi connectivity index (χ2v) is 6.73. The maximum Gasteiger partial charge on any atom is 0.0737 e. The van der Waals surface area contributed by atoms with Crippen LogP contribution in [-0.2, 0) is 0 Å². The van der Waals surface area contributed by atoms with Crippen LogP contribution < -0.4 is 4.48 Å². The molecule has 0 aliphatic carbocycles. The minimum atomic E-state index is 1.03. The number of quaternary nitrogens is 1. The highest BCUT2D eigenvalue weighted by molar-refractivity contribution is 5.42. The van der Waals surface area contributed by atoms with Crippen LogP contribution in [0.1, 0.15) is 71.1 Å². The van der Waals surface area contributed by atoms with Crippen LogP contribution in [0.5, 0.6) is 0 Å². The number of rotatable bonds is 12. The molecule has 1 heteroatoms. The Morgan fingerprint density at radius 3 is 1.65 bits per heavy atom. The molecule has 0 saturated heterocycles. The smallest absolute Gasteiger partial charge is 0.0737 e. The van der Waals surface area contributed by atoms with Gasteiger partial charge in [-0.1, -0.05) is 58.3 Å². The third-order valence-electron chi connectivity index (χ3n) is 4.41. The van der Waals surface area contributed by atoms with Gasteiger partial charge < -0.3 is 4.48 Å². The SMILES string of the molecule is CCCCCCCCCCCC[N+](C)(C)[c-]1cccc1. The summed E-state index contributed by atoms with van der Waals surface area (Å²) in [6.45, 7) is 3.55. The molecule has 0 unspecified atom stereocenters. The first kappa shape index (κ1) is 17.4. The highest BCUT2D eigenvalue weighted by Gasteiger charge is 2.12. The monoisotopic (exact) mass is 277 g/mol.